The molecular formula is C19H19ClFN3O. The Morgan fingerprint density at radius 1 is 1.24 bits per heavy atom. The number of urea groups is 1. The molecule has 2 aromatic carbocycles. The number of nitrogens with zero attached hydrogens (tertiary/aromatic N) is 2. The Hall–Kier alpha value is -2.37. The lowest BCUT2D eigenvalue weighted by Crippen LogP contribution is -2.42. The molecule has 1 aliphatic rings. The second-order valence-corrected chi connectivity index (χ2v) is 6.55. The molecule has 3 rings (SSSR count). The van der Waals surface area contributed by atoms with Crippen molar-refractivity contribution in [2.45, 2.75) is 6.04 Å². The minimum Gasteiger partial charge on any atom is -0.307 e. The fourth-order valence-electron chi connectivity index (χ4n) is 3.00. The summed E-state index contributed by atoms with van der Waals surface area (Å²) in [5.74, 6) is -0.394. The van der Waals surface area contributed by atoms with Gasteiger partial charge in [-0.25, -0.2) is 9.18 Å². The molecule has 25 heavy (non-hydrogen) atoms. The third-order valence-electron chi connectivity index (χ3n) is 4.36. The maximum atomic E-state index is 14.4. The van der Waals surface area contributed by atoms with Crippen molar-refractivity contribution in [1.29, 1.82) is 0 Å². The summed E-state index contributed by atoms with van der Waals surface area (Å²) >= 11 is 6.23. The van der Waals surface area contributed by atoms with Gasteiger partial charge < -0.3 is 10.2 Å². The number of hydrogen-bond acceptors (Lipinski definition) is 2. The monoisotopic (exact) mass is 359 g/mol. The zero-order valence-electron chi connectivity index (χ0n) is 14.1. The number of para-hydroxylation sites is 1. The van der Waals surface area contributed by atoms with Gasteiger partial charge in [0.1, 0.15) is 5.82 Å². The lowest BCUT2D eigenvalue weighted by Gasteiger charge is -2.36. The van der Waals surface area contributed by atoms with Crippen LogP contribution in [0, 0.1) is 5.82 Å². The number of benzene rings is 2. The van der Waals surface area contributed by atoms with Crippen LogP contribution in [-0.2, 0) is 0 Å². The fraction of sp³-hybridized carbons (Fsp3) is 0.211. The Morgan fingerprint density at radius 2 is 1.96 bits per heavy atom. The first-order chi connectivity index (χ1) is 11.9. The van der Waals surface area contributed by atoms with Crippen LogP contribution in [0.5, 0.6) is 0 Å². The van der Waals surface area contributed by atoms with Crippen molar-refractivity contribution in [1.82, 2.24) is 9.80 Å². The summed E-state index contributed by atoms with van der Waals surface area (Å²) in [6.45, 7) is 4.29. The molecule has 0 bridgehead atoms. The molecule has 1 atom stereocenters. The maximum absolute atomic E-state index is 14.4. The first-order valence-electron chi connectivity index (χ1n) is 7.87. The molecule has 1 unspecified atom stereocenters. The molecule has 1 heterocycles. The minimum absolute atomic E-state index is 0.229. The number of rotatable bonds is 4. The number of hydrogen-bond donors (Lipinski definition) is 1. The number of carbonyl (C=O) groups excluding carboxylic acids is 1. The van der Waals surface area contributed by atoms with Crippen LogP contribution >= 0.6 is 11.6 Å². The van der Waals surface area contributed by atoms with Gasteiger partial charge in [-0.1, -0.05) is 42.4 Å². The Balaban J connectivity index is 1.96. The Bertz CT molecular complexity index is 817. The van der Waals surface area contributed by atoms with Crippen LogP contribution in [0.4, 0.5) is 14.9 Å². The number of halogens is 2. The predicted octanol–water partition coefficient (Wildman–Crippen LogP) is 4.60. The van der Waals surface area contributed by atoms with E-state index in [1.165, 1.54) is 11.0 Å². The molecule has 0 saturated carbocycles. The summed E-state index contributed by atoms with van der Waals surface area (Å²) in [5, 5.41) is 3.18. The molecule has 130 valence electrons. The van der Waals surface area contributed by atoms with Crippen LogP contribution in [0.2, 0.25) is 5.02 Å². The van der Waals surface area contributed by atoms with Gasteiger partial charge in [-0.3, -0.25) is 4.90 Å². The first-order valence-corrected chi connectivity index (χ1v) is 8.25. The predicted molar refractivity (Wildman–Crippen MR) is 99.0 cm³/mol. The Morgan fingerprint density at radius 3 is 2.64 bits per heavy atom. The number of carbonyl (C=O) groups is 1. The zero-order chi connectivity index (χ0) is 18.1. The second kappa shape index (κ2) is 6.86. The topological polar surface area (TPSA) is 35.6 Å². The summed E-state index contributed by atoms with van der Waals surface area (Å²) in [5.41, 5.74) is 2.52. The Labute approximate surface area is 151 Å². The molecular weight excluding hydrogens is 341 g/mol. The lowest BCUT2D eigenvalue weighted by molar-refractivity contribution is 0.206. The van der Waals surface area contributed by atoms with E-state index in [0.717, 1.165) is 11.3 Å². The van der Waals surface area contributed by atoms with E-state index < -0.39 is 11.9 Å². The number of anilines is 1. The summed E-state index contributed by atoms with van der Waals surface area (Å²) < 4.78 is 14.4. The van der Waals surface area contributed by atoms with E-state index in [4.69, 9.17) is 11.6 Å². The van der Waals surface area contributed by atoms with Crippen LogP contribution in [0.15, 0.2) is 49.0 Å². The van der Waals surface area contributed by atoms with Gasteiger partial charge in [-0.2, -0.15) is 0 Å². The average molecular weight is 360 g/mol. The van der Waals surface area contributed by atoms with Crippen molar-refractivity contribution in [2.24, 2.45) is 0 Å². The number of nitrogens with one attached hydrogen (secondary N) is 1. The minimum atomic E-state index is -0.415. The van der Waals surface area contributed by atoms with Crippen LogP contribution in [0.25, 0.3) is 5.70 Å². The van der Waals surface area contributed by atoms with Gasteiger partial charge in [-0.05, 0) is 32.3 Å². The summed E-state index contributed by atoms with van der Waals surface area (Å²) in [7, 11) is 3.65. The largest absolute Gasteiger partial charge is 0.326 e. The van der Waals surface area contributed by atoms with E-state index in [1.807, 2.05) is 43.3 Å². The smallest absolute Gasteiger partial charge is 0.307 e. The van der Waals surface area contributed by atoms with E-state index in [-0.39, 0.29) is 12.6 Å². The van der Waals surface area contributed by atoms with Gasteiger partial charge in [0.2, 0.25) is 0 Å². The van der Waals surface area contributed by atoms with Crippen LogP contribution in [-0.4, -0.2) is 36.5 Å². The van der Waals surface area contributed by atoms with Gasteiger partial charge in [0.15, 0.2) is 0 Å². The van der Waals surface area contributed by atoms with Crippen molar-refractivity contribution < 1.29 is 9.18 Å². The standard InChI is InChI=1S/C19H19ClFN3O/c1-12-13-7-4-5-10-16(13)22-19(25)24(12)11-17(23(2)3)18-14(20)8-6-9-15(18)21/h4-10,17H,1,11H2,2-3H3,(H,22,25). The number of amides is 2. The highest BCUT2D eigenvalue weighted by Crippen LogP contribution is 2.35. The molecule has 0 radical (unpaired) electrons. The molecule has 0 aliphatic carbocycles. The van der Waals surface area contributed by atoms with E-state index in [1.54, 1.807) is 12.1 Å². The lowest BCUT2D eigenvalue weighted by atomic mass is 10.0. The van der Waals surface area contributed by atoms with Crippen LogP contribution in [0.1, 0.15) is 17.2 Å². The van der Waals surface area contributed by atoms with Crippen molar-refractivity contribution >= 4 is 29.0 Å². The SMILES string of the molecule is C=C1c2ccccc2NC(=O)N1CC(c1c(F)cccc1Cl)N(C)C. The van der Waals surface area contributed by atoms with Gasteiger partial charge in [0, 0.05) is 28.4 Å². The zero-order valence-corrected chi connectivity index (χ0v) is 14.8. The van der Waals surface area contributed by atoms with Crippen LogP contribution < -0.4 is 5.32 Å². The first kappa shape index (κ1) is 17.5. The molecule has 0 fully saturated rings. The molecule has 2 aromatic rings. The van der Waals surface area contributed by atoms with Crippen molar-refractivity contribution in [3.63, 3.8) is 0 Å². The number of fused-ring (bicyclic) bond motifs is 1. The molecule has 6 heteroatoms. The van der Waals surface area contributed by atoms with Gasteiger partial charge in [0.05, 0.1) is 11.7 Å². The van der Waals surface area contributed by atoms with Crippen molar-refractivity contribution in [3.8, 4) is 0 Å². The molecule has 0 spiro atoms. The van der Waals surface area contributed by atoms with Crippen molar-refractivity contribution in [2.75, 3.05) is 26.0 Å². The van der Waals surface area contributed by atoms with E-state index >= 15 is 0 Å². The molecule has 1 N–H and O–H groups in total. The van der Waals surface area contributed by atoms with Crippen LogP contribution in [0.3, 0.4) is 0 Å². The number of likely N-dealkylation sites (N-methyl/N-ethyl adjacent to an activating group) is 1. The second-order valence-electron chi connectivity index (χ2n) is 6.15. The van der Waals surface area contributed by atoms with Gasteiger partial charge >= 0.3 is 6.03 Å². The average Bonchev–Trinajstić information content (AvgIpc) is 2.56. The molecule has 0 aromatic heterocycles. The van der Waals surface area contributed by atoms with Crippen molar-refractivity contribution in [3.05, 3.63) is 71.0 Å². The fourth-order valence-corrected chi connectivity index (χ4v) is 3.29. The highest BCUT2D eigenvalue weighted by atomic mass is 35.5. The van der Waals surface area contributed by atoms with Gasteiger partial charge in [0.25, 0.3) is 0 Å². The maximum Gasteiger partial charge on any atom is 0.326 e. The third-order valence-corrected chi connectivity index (χ3v) is 4.69. The highest BCUT2D eigenvalue weighted by Gasteiger charge is 2.31. The third kappa shape index (κ3) is 3.25. The van der Waals surface area contributed by atoms with Gasteiger partial charge in [-0.15, -0.1) is 0 Å². The summed E-state index contributed by atoms with van der Waals surface area (Å²) in [6.07, 6.45) is 0. The molecule has 1 aliphatic heterocycles. The quantitative estimate of drug-likeness (QED) is 0.865. The Kier molecular flexibility index (Phi) is 4.79. The van der Waals surface area contributed by atoms with E-state index in [2.05, 4.69) is 11.9 Å². The highest BCUT2D eigenvalue weighted by molar-refractivity contribution is 6.31. The molecule has 0 saturated heterocycles. The summed E-state index contributed by atoms with van der Waals surface area (Å²) in [4.78, 5) is 15.9. The molecule has 4 nitrogen and oxygen atoms in total. The van der Waals surface area contributed by atoms with E-state index in [9.17, 15) is 9.18 Å². The molecule has 2 amide bonds. The van der Waals surface area contributed by atoms with E-state index in [0.29, 0.717) is 16.3 Å². The normalized spacial score (nSPS) is 15.2. The summed E-state index contributed by atoms with van der Waals surface area (Å²) in [6, 6.07) is 11.3.